The minimum absolute atomic E-state index is 0.0305. The highest BCUT2D eigenvalue weighted by molar-refractivity contribution is 9.09. The summed E-state index contributed by atoms with van der Waals surface area (Å²) in [5.41, 5.74) is 1.36. The summed E-state index contributed by atoms with van der Waals surface area (Å²) in [6, 6.07) is 5.07. The number of alkyl halides is 1. The topological polar surface area (TPSA) is 20.3 Å². The smallest absolute Gasteiger partial charge is 0.237 e. The minimum Gasteiger partial charge on any atom is -0.309 e. The van der Waals surface area contributed by atoms with Gasteiger partial charge in [-0.1, -0.05) is 42.6 Å². The Balaban J connectivity index is 3.15. The largest absolute Gasteiger partial charge is 0.309 e. The van der Waals surface area contributed by atoms with Crippen molar-refractivity contribution in [3.05, 3.63) is 29.6 Å². The number of rotatable bonds is 7. The van der Waals surface area contributed by atoms with Gasteiger partial charge in [-0.05, 0) is 43.5 Å². The standard InChI is InChI=1S/C16H23BrFNO/c1-4-6-13(7-5-2)19(16(20)11-17)14-8-9-15(18)12(3)10-14/h8-10,13H,4-7,11H2,1-3H3. The van der Waals surface area contributed by atoms with Crippen LogP contribution in [0.2, 0.25) is 0 Å². The fourth-order valence-electron chi connectivity index (χ4n) is 2.47. The summed E-state index contributed by atoms with van der Waals surface area (Å²) in [7, 11) is 0. The number of nitrogens with zero attached hydrogens (tertiary/aromatic N) is 1. The number of hydrogen-bond donors (Lipinski definition) is 0. The van der Waals surface area contributed by atoms with E-state index in [0.717, 1.165) is 31.4 Å². The lowest BCUT2D eigenvalue weighted by Gasteiger charge is -2.31. The van der Waals surface area contributed by atoms with Crippen molar-refractivity contribution < 1.29 is 9.18 Å². The molecule has 112 valence electrons. The molecule has 0 aliphatic rings. The molecule has 0 unspecified atom stereocenters. The molecular weight excluding hydrogens is 321 g/mol. The molecule has 1 aromatic carbocycles. The lowest BCUT2D eigenvalue weighted by atomic mass is 10.0. The van der Waals surface area contributed by atoms with E-state index in [-0.39, 0.29) is 23.1 Å². The number of halogens is 2. The van der Waals surface area contributed by atoms with Crippen LogP contribution in [0.4, 0.5) is 10.1 Å². The monoisotopic (exact) mass is 343 g/mol. The van der Waals surface area contributed by atoms with Crippen molar-refractivity contribution in [3.8, 4) is 0 Å². The van der Waals surface area contributed by atoms with E-state index in [9.17, 15) is 9.18 Å². The Morgan fingerprint density at radius 3 is 2.35 bits per heavy atom. The van der Waals surface area contributed by atoms with Crippen LogP contribution in [0, 0.1) is 12.7 Å². The van der Waals surface area contributed by atoms with E-state index >= 15 is 0 Å². The van der Waals surface area contributed by atoms with Crippen molar-refractivity contribution in [1.29, 1.82) is 0 Å². The second kappa shape index (κ2) is 8.40. The highest BCUT2D eigenvalue weighted by Crippen LogP contribution is 2.25. The first-order valence-electron chi connectivity index (χ1n) is 7.19. The minimum atomic E-state index is -0.234. The van der Waals surface area contributed by atoms with Gasteiger partial charge in [0.15, 0.2) is 0 Å². The zero-order valence-corrected chi connectivity index (χ0v) is 14.0. The molecule has 0 atom stereocenters. The van der Waals surface area contributed by atoms with Crippen LogP contribution in [0.25, 0.3) is 0 Å². The van der Waals surface area contributed by atoms with Gasteiger partial charge in [0.1, 0.15) is 5.82 Å². The van der Waals surface area contributed by atoms with E-state index in [0.29, 0.717) is 5.56 Å². The molecule has 0 saturated carbocycles. The SMILES string of the molecule is CCCC(CCC)N(C(=O)CBr)c1ccc(F)c(C)c1. The Hall–Kier alpha value is -0.900. The maximum absolute atomic E-state index is 13.4. The summed E-state index contributed by atoms with van der Waals surface area (Å²) < 4.78 is 13.4. The van der Waals surface area contributed by atoms with Crippen molar-refractivity contribution >= 4 is 27.5 Å². The van der Waals surface area contributed by atoms with E-state index in [1.807, 2.05) is 4.90 Å². The molecule has 1 rings (SSSR count). The molecule has 0 aliphatic heterocycles. The summed E-state index contributed by atoms with van der Waals surface area (Å²) in [6.45, 7) is 5.97. The van der Waals surface area contributed by atoms with Crippen LogP contribution in [0.15, 0.2) is 18.2 Å². The highest BCUT2D eigenvalue weighted by atomic mass is 79.9. The van der Waals surface area contributed by atoms with Crippen molar-refractivity contribution in [1.82, 2.24) is 0 Å². The van der Waals surface area contributed by atoms with E-state index in [4.69, 9.17) is 0 Å². The van der Waals surface area contributed by atoms with Crippen LogP contribution >= 0.6 is 15.9 Å². The molecule has 0 aliphatic carbocycles. The third-order valence-corrected chi connectivity index (χ3v) is 3.89. The van der Waals surface area contributed by atoms with Gasteiger partial charge in [0.05, 0.1) is 5.33 Å². The van der Waals surface area contributed by atoms with Gasteiger partial charge >= 0.3 is 0 Å². The van der Waals surface area contributed by atoms with Crippen LogP contribution in [0.3, 0.4) is 0 Å². The van der Waals surface area contributed by atoms with E-state index in [2.05, 4.69) is 29.8 Å². The lowest BCUT2D eigenvalue weighted by molar-refractivity contribution is -0.116. The predicted molar refractivity (Wildman–Crippen MR) is 86.0 cm³/mol. The van der Waals surface area contributed by atoms with Crippen molar-refractivity contribution in [2.45, 2.75) is 52.5 Å². The van der Waals surface area contributed by atoms with Crippen LogP contribution in [-0.2, 0) is 4.79 Å². The first-order valence-corrected chi connectivity index (χ1v) is 8.31. The number of anilines is 1. The molecule has 20 heavy (non-hydrogen) atoms. The average Bonchev–Trinajstić information content (AvgIpc) is 2.43. The van der Waals surface area contributed by atoms with Gasteiger partial charge in [-0.3, -0.25) is 4.79 Å². The maximum Gasteiger partial charge on any atom is 0.237 e. The van der Waals surface area contributed by atoms with Crippen LogP contribution < -0.4 is 4.90 Å². The molecule has 0 spiro atoms. The van der Waals surface area contributed by atoms with E-state index in [1.54, 1.807) is 19.1 Å². The van der Waals surface area contributed by atoms with Gasteiger partial charge in [0.25, 0.3) is 0 Å². The van der Waals surface area contributed by atoms with Crippen LogP contribution in [0.1, 0.15) is 45.1 Å². The fourth-order valence-corrected chi connectivity index (χ4v) is 2.74. The molecule has 0 fully saturated rings. The molecular formula is C16H23BrFNO. The molecule has 1 amide bonds. The Labute approximate surface area is 129 Å². The summed E-state index contributed by atoms with van der Waals surface area (Å²) in [6.07, 6.45) is 3.97. The Morgan fingerprint density at radius 2 is 1.90 bits per heavy atom. The van der Waals surface area contributed by atoms with Crippen molar-refractivity contribution in [2.75, 3.05) is 10.2 Å². The molecule has 0 heterocycles. The third kappa shape index (κ3) is 4.30. The molecule has 0 aromatic heterocycles. The number of amides is 1. The lowest BCUT2D eigenvalue weighted by Crippen LogP contribution is -2.41. The Morgan fingerprint density at radius 1 is 1.30 bits per heavy atom. The summed E-state index contributed by atoms with van der Waals surface area (Å²) in [5, 5.41) is 0.285. The number of hydrogen-bond acceptors (Lipinski definition) is 1. The van der Waals surface area contributed by atoms with Crippen LogP contribution in [0.5, 0.6) is 0 Å². The number of carbonyl (C=O) groups is 1. The maximum atomic E-state index is 13.4. The quantitative estimate of drug-likeness (QED) is 0.649. The van der Waals surface area contributed by atoms with Gasteiger partial charge in [-0.25, -0.2) is 4.39 Å². The summed E-state index contributed by atoms with van der Waals surface area (Å²) in [5.74, 6) is -0.203. The number of aryl methyl sites for hydroxylation is 1. The zero-order valence-electron chi connectivity index (χ0n) is 12.5. The van der Waals surface area contributed by atoms with Crippen molar-refractivity contribution in [3.63, 3.8) is 0 Å². The van der Waals surface area contributed by atoms with Crippen LogP contribution in [-0.4, -0.2) is 17.3 Å². The average molecular weight is 344 g/mol. The second-order valence-electron chi connectivity index (χ2n) is 5.06. The van der Waals surface area contributed by atoms with Crippen molar-refractivity contribution in [2.24, 2.45) is 0 Å². The van der Waals surface area contributed by atoms with E-state index < -0.39 is 0 Å². The third-order valence-electron chi connectivity index (χ3n) is 3.41. The van der Waals surface area contributed by atoms with Gasteiger partial charge in [-0.2, -0.15) is 0 Å². The fraction of sp³-hybridized carbons (Fsp3) is 0.562. The van der Waals surface area contributed by atoms with E-state index in [1.165, 1.54) is 6.07 Å². The normalized spacial score (nSPS) is 10.9. The first kappa shape index (κ1) is 17.2. The highest BCUT2D eigenvalue weighted by Gasteiger charge is 2.23. The Kier molecular flexibility index (Phi) is 7.20. The van der Waals surface area contributed by atoms with Gasteiger partial charge < -0.3 is 4.90 Å². The molecule has 0 bridgehead atoms. The molecule has 1 aromatic rings. The Bertz CT molecular complexity index is 444. The molecule has 4 heteroatoms. The number of benzene rings is 1. The zero-order chi connectivity index (χ0) is 15.1. The molecule has 0 N–H and O–H groups in total. The molecule has 0 saturated heterocycles. The summed E-state index contributed by atoms with van der Waals surface area (Å²) in [4.78, 5) is 14.1. The van der Waals surface area contributed by atoms with Gasteiger partial charge in [0, 0.05) is 11.7 Å². The second-order valence-corrected chi connectivity index (χ2v) is 5.62. The molecule has 2 nitrogen and oxygen atoms in total. The summed E-state index contributed by atoms with van der Waals surface area (Å²) >= 11 is 3.25. The van der Waals surface area contributed by atoms with Gasteiger partial charge in [-0.15, -0.1) is 0 Å². The molecule has 0 radical (unpaired) electrons. The number of carbonyl (C=O) groups excluding carboxylic acids is 1. The van der Waals surface area contributed by atoms with Gasteiger partial charge in [0.2, 0.25) is 5.91 Å². The predicted octanol–water partition coefficient (Wildman–Crippen LogP) is 4.83. The first-order chi connectivity index (χ1) is 9.54.